The molecule has 0 aromatic heterocycles. The molecule has 1 amide bonds. The van der Waals surface area contributed by atoms with E-state index in [1.165, 1.54) is 6.07 Å². The summed E-state index contributed by atoms with van der Waals surface area (Å²) in [5.41, 5.74) is 0.454. The molecule has 1 aromatic carbocycles. The molecule has 0 saturated heterocycles. The first-order chi connectivity index (χ1) is 10.5. The number of benzene rings is 1. The number of sulfonamides is 1. The van der Waals surface area contributed by atoms with Crippen molar-refractivity contribution >= 4 is 34.0 Å². The van der Waals surface area contributed by atoms with Gasteiger partial charge >= 0.3 is 0 Å². The van der Waals surface area contributed by atoms with Crippen molar-refractivity contribution in [1.82, 2.24) is 10.0 Å². The number of carbonyl (C=O) groups is 1. The van der Waals surface area contributed by atoms with Crippen molar-refractivity contribution in [2.24, 2.45) is 5.92 Å². The maximum Gasteiger partial charge on any atom is 0.241 e. The molecule has 0 aliphatic heterocycles. The van der Waals surface area contributed by atoms with E-state index >= 15 is 0 Å². The molecule has 1 unspecified atom stereocenters. The molecule has 0 spiro atoms. The summed E-state index contributed by atoms with van der Waals surface area (Å²) in [6.45, 7) is 9.40. The summed E-state index contributed by atoms with van der Waals surface area (Å²) in [7, 11) is -1.87. The summed E-state index contributed by atoms with van der Waals surface area (Å²) < 4.78 is 27.6. The van der Waals surface area contributed by atoms with Crippen LogP contribution in [0.5, 0.6) is 0 Å². The standard InChI is InChI=1S/C16H27N3O3S.ClH/c1-11(10-17-6)15(20)18-13-8-7-9-14(12(13)2)23(21,22)19-16(3,4)5;/h7-9,11,17,19H,10H2,1-6H3,(H,18,20);1H. The smallest absolute Gasteiger partial charge is 0.241 e. The number of anilines is 1. The zero-order chi connectivity index (χ0) is 17.8. The quantitative estimate of drug-likeness (QED) is 0.709. The first-order valence-corrected chi connectivity index (χ1v) is 9.05. The van der Waals surface area contributed by atoms with Gasteiger partial charge in [-0.25, -0.2) is 13.1 Å². The second-order valence-corrected chi connectivity index (χ2v) is 8.38. The molecule has 0 saturated carbocycles. The average molecular weight is 378 g/mol. The van der Waals surface area contributed by atoms with Gasteiger partial charge in [0.05, 0.1) is 4.90 Å². The topological polar surface area (TPSA) is 87.3 Å². The summed E-state index contributed by atoms with van der Waals surface area (Å²) in [6, 6.07) is 4.87. The molecule has 8 heteroatoms. The number of rotatable bonds is 6. The van der Waals surface area contributed by atoms with Crippen molar-refractivity contribution in [2.45, 2.75) is 45.1 Å². The molecule has 3 N–H and O–H groups in total. The van der Waals surface area contributed by atoms with Crippen molar-refractivity contribution in [3.05, 3.63) is 23.8 Å². The van der Waals surface area contributed by atoms with Crippen molar-refractivity contribution in [2.75, 3.05) is 18.9 Å². The van der Waals surface area contributed by atoms with Crippen LogP contribution in [0.15, 0.2) is 23.1 Å². The third-order valence-corrected chi connectivity index (χ3v) is 5.13. The van der Waals surface area contributed by atoms with E-state index in [-0.39, 0.29) is 29.1 Å². The fraction of sp³-hybridized carbons (Fsp3) is 0.562. The molecule has 6 nitrogen and oxygen atoms in total. The van der Waals surface area contributed by atoms with Gasteiger partial charge in [-0.3, -0.25) is 4.79 Å². The summed E-state index contributed by atoms with van der Waals surface area (Å²) in [4.78, 5) is 12.3. The van der Waals surface area contributed by atoms with Crippen molar-refractivity contribution in [1.29, 1.82) is 0 Å². The lowest BCUT2D eigenvalue weighted by Crippen LogP contribution is -2.40. The van der Waals surface area contributed by atoms with Gasteiger partial charge in [0.15, 0.2) is 0 Å². The van der Waals surface area contributed by atoms with Gasteiger partial charge in [0.2, 0.25) is 15.9 Å². The average Bonchev–Trinajstić information content (AvgIpc) is 2.38. The highest BCUT2D eigenvalue weighted by molar-refractivity contribution is 7.89. The van der Waals surface area contributed by atoms with Crippen LogP contribution in [0.3, 0.4) is 0 Å². The Bertz CT molecular complexity index is 670. The van der Waals surface area contributed by atoms with Crippen molar-refractivity contribution in [3.8, 4) is 0 Å². The van der Waals surface area contributed by atoms with Crippen LogP contribution in [-0.4, -0.2) is 33.5 Å². The highest BCUT2D eigenvalue weighted by Crippen LogP contribution is 2.24. The molecule has 24 heavy (non-hydrogen) atoms. The predicted octanol–water partition coefficient (Wildman–Crippen LogP) is 2.29. The van der Waals surface area contributed by atoms with Crippen LogP contribution in [0.4, 0.5) is 5.69 Å². The Labute approximate surface area is 151 Å². The van der Waals surface area contributed by atoms with Crippen LogP contribution >= 0.6 is 12.4 Å². The van der Waals surface area contributed by atoms with Crippen molar-refractivity contribution < 1.29 is 13.2 Å². The summed E-state index contributed by atoms with van der Waals surface area (Å²) in [5, 5.41) is 5.74. The Hall–Kier alpha value is -1.15. The molecule has 138 valence electrons. The van der Waals surface area contributed by atoms with Gasteiger partial charge in [-0.1, -0.05) is 13.0 Å². The van der Waals surface area contributed by atoms with Gasteiger partial charge in [-0.15, -0.1) is 12.4 Å². The van der Waals surface area contributed by atoms with E-state index in [2.05, 4.69) is 15.4 Å². The Balaban J connectivity index is 0.00000529. The predicted molar refractivity (Wildman–Crippen MR) is 100 cm³/mol. The first kappa shape index (κ1) is 22.9. The second kappa shape index (κ2) is 8.80. The maximum atomic E-state index is 12.5. The lowest BCUT2D eigenvalue weighted by Gasteiger charge is -2.22. The number of hydrogen-bond donors (Lipinski definition) is 3. The van der Waals surface area contributed by atoms with Gasteiger partial charge in [0.25, 0.3) is 0 Å². The van der Waals surface area contributed by atoms with E-state index in [0.717, 1.165) is 0 Å². The zero-order valence-electron chi connectivity index (χ0n) is 15.1. The lowest BCUT2D eigenvalue weighted by atomic mass is 10.1. The van der Waals surface area contributed by atoms with E-state index in [1.54, 1.807) is 46.9 Å². The number of hydrogen-bond acceptors (Lipinski definition) is 4. The molecule has 0 bridgehead atoms. The molecule has 1 aromatic rings. The molecule has 0 radical (unpaired) electrons. The fourth-order valence-corrected chi connectivity index (χ4v) is 3.84. The molecular weight excluding hydrogens is 350 g/mol. The van der Waals surface area contributed by atoms with Gasteiger partial charge in [0.1, 0.15) is 0 Å². The Morgan fingerprint density at radius 2 is 1.83 bits per heavy atom. The lowest BCUT2D eigenvalue weighted by molar-refractivity contribution is -0.119. The van der Waals surface area contributed by atoms with E-state index < -0.39 is 15.6 Å². The van der Waals surface area contributed by atoms with Crippen LogP contribution in [0, 0.1) is 12.8 Å². The normalized spacial score (nSPS) is 13.1. The van der Waals surface area contributed by atoms with Gasteiger partial charge in [-0.2, -0.15) is 0 Å². The highest BCUT2D eigenvalue weighted by Gasteiger charge is 2.25. The van der Waals surface area contributed by atoms with E-state index in [1.807, 2.05) is 6.92 Å². The van der Waals surface area contributed by atoms with Crippen LogP contribution in [0.25, 0.3) is 0 Å². The molecule has 1 atom stereocenters. The third kappa shape index (κ3) is 6.39. The largest absolute Gasteiger partial charge is 0.326 e. The minimum absolute atomic E-state index is 0. The molecule has 0 heterocycles. The fourth-order valence-electron chi connectivity index (χ4n) is 2.15. The Morgan fingerprint density at radius 1 is 1.25 bits per heavy atom. The SMILES string of the molecule is CNCC(C)C(=O)Nc1cccc(S(=O)(=O)NC(C)(C)C)c1C.Cl. The van der Waals surface area contributed by atoms with E-state index in [0.29, 0.717) is 17.8 Å². The monoisotopic (exact) mass is 377 g/mol. The summed E-state index contributed by atoms with van der Waals surface area (Å²) >= 11 is 0. The van der Waals surface area contributed by atoms with E-state index in [4.69, 9.17) is 0 Å². The summed E-state index contributed by atoms with van der Waals surface area (Å²) in [5.74, 6) is -0.367. The Morgan fingerprint density at radius 3 is 2.33 bits per heavy atom. The number of carbonyl (C=O) groups excluding carboxylic acids is 1. The molecular formula is C16H28ClN3O3S. The molecule has 1 rings (SSSR count). The minimum Gasteiger partial charge on any atom is -0.326 e. The third-order valence-electron chi connectivity index (χ3n) is 3.23. The van der Waals surface area contributed by atoms with Gasteiger partial charge < -0.3 is 10.6 Å². The maximum absolute atomic E-state index is 12.5. The van der Waals surface area contributed by atoms with Crippen LogP contribution in [0.1, 0.15) is 33.3 Å². The number of amides is 1. The Kier molecular flexibility index (Phi) is 8.38. The number of halogens is 1. The molecule has 0 aliphatic carbocycles. The molecule has 0 fully saturated rings. The first-order valence-electron chi connectivity index (χ1n) is 7.57. The van der Waals surface area contributed by atoms with Crippen molar-refractivity contribution in [3.63, 3.8) is 0 Å². The zero-order valence-corrected chi connectivity index (χ0v) is 16.7. The minimum atomic E-state index is -3.65. The van der Waals surface area contributed by atoms with Gasteiger partial charge in [-0.05, 0) is 52.4 Å². The molecule has 0 aliphatic rings. The highest BCUT2D eigenvalue weighted by atomic mass is 35.5. The van der Waals surface area contributed by atoms with Crippen LogP contribution in [0.2, 0.25) is 0 Å². The summed E-state index contributed by atoms with van der Waals surface area (Å²) in [6.07, 6.45) is 0. The van der Waals surface area contributed by atoms with Gasteiger partial charge in [0, 0.05) is 23.7 Å². The van der Waals surface area contributed by atoms with E-state index in [9.17, 15) is 13.2 Å². The van der Waals surface area contributed by atoms with Crippen LogP contribution in [-0.2, 0) is 14.8 Å². The van der Waals surface area contributed by atoms with Crippen LogP contribution < -0.4 is 15.4 Å². The second-order valence-electron chi connectivity index (χ2n) is 6.73. The number of nitrogens with one attached hydrogen (secondary N) is 3.